The third-order valence-corrected chi connectivity index (χ3v) is 2.23. The number of nitrogens with zero attached hydrogens (tertiary/aromatic N) is 3. The number of imidazole rings is 1. The predicted octanol–water partition coefficient (Wildman–Crippen LogP) is 2.62. The molecule has 6 heteroatoms. The second-order valence-corrected chi connectivity index (χ2v) is 3.34. The van der Waals surface area contributed by atoms with Gasteiger partial charge in [-0.25, -0.2) is 15.0 Å². The van der Waals surface area contributed by atoms with Crippen molar-refractivity contribution in [3.63, 3.8) is 0 Å². The minimum atomic E-state index is -0.320. The number of aromatic nitrogens is 4. The monoisotopic (exact) mass is 271 g/mol. The molecular weight excluding hydrogens is 254 g/mol. The Bertz CT molecular complexity index is 642. The van der Waals surface area contributed by atoms with Gasteiger partial charge in [-0.05, 0) is 0 Å². The first kappa shape index (κ1) is 15.3. The average Bonchev–Trinajstić information content (AvgIpc) is 2.96. The van der Waals surface area contributed by atoms with Crippen molar-refractivity contribution in [2.24, 2.45) is 0 Å². The highest BCUT2D eigenvalue weighted by Gasteiger charge is 2.10. The van der Waals surface area contributed by atoms with Gasteiger partial charge in [-0.2, -0.15) is 0 Å². The predicted molar refractivity (Wildman–Crippen MR) is 80.1 cm³/mol. The van der Waals surface area contributed by atoms with Crippen LogP contribution in [0.5, 0.6) is 0 Å². The van der Waals surface area contributed by atoms with Crippen LogP contribution in [-0.2, 0) is 4.79 Å². The van der Waals surface area contributed by atoms with E-state index in [4.69, 9.17) is 0 Å². The lowest BCUT2D eigenvalue weighted by Gasteiger charge is -2.04. The molecule has 0 bridgehead atoms. The fourth-order valence-electron chi connectivity index (χ4n) is 1.40. The standard InChI is InChI=1S/C12H11N5O.C2H6/c1-3-5-8(4-2)12(18)17-11-9-10(14-6-13-9)15-7-16-11;1-2/h3-7H,1-2H2,(H2,13,14,15,16,17,18);1-2H3/b8-5+;. The van der Waals surface area contributed by atoms with Gasteiger partial charge in [-0.1, -0.05) is 45.2 Å². The molecule has 0 aliphatic rings. The molecular formula is C14H17N5O. The summed E-state index contributed by atoms with van der Waals surface area (Å²) in [7, 11) is 0. The highest BCUT2D eigenvalue weighted by Crippen LogP contribution is 2.15. The van der Waals surface area contributed by atoms with E-state index in [9.17, 15) is 4.79 Å². The van der Waals surface area contributed by atoms with Gasteiger partial charge in [0.2, 0.25) is 0 Å². The smallest absolute Gasteiger partial charge is 0.256 e. The van der Waals surface area contributed by atoms with Crippen LogP contribution in [0.15, 0.2) is 49.6 Å². The minimum absolute atomic E-state index is 0.320. The van der Waals surface area contributed by atoms with E-state index in [1.807, 2.05) is 13.8 Å². The number of hydrogen-bond acceptors (Lipinski definition) is 4. The Balaban J connectivity index is 0.000000956. The lowest BCUT2D eigenvalue weighted by Crippen LogP contribution is -2.14. The molecule has 0 radical (unpaired) electrons. The van der Waals surface area contributed by atoms with Gasteiger partial charge in [0.05, 0.1) is 6.33 Å². The molecule has 0 aliphatic carbocycles. The van der Waals surface area contributed by atoms with Crippen molar-refractivity contribution in [1.29, 1.82) is 0 Å². The Hall–Kier alpha value is -2.76. The summed E-state index contributed by atoms with van der Waals surface area (Å²) in [6.07, 6.45) is 7.35. The number of carbonyl (C=O) groups is 1. The van der Waals surface area contributed by atoms with Gasteiger partial charge in [0.25, 0.3) is 5.91 Å². The largest absolute Gasteiger partial charge is 0.340 e. The van der Waals surface area contributed by atoms with Crippen LogP contribution in [0.2, 0.25) is 0 Å². The van der Waals surface area contributed by atoms with Gasteiger partial charge < -0.3 is 10.3 Å². The summed E-state index contributed by atoms with van der Waals surface area (Å²) in [6.45, 7) is 11.1. The van der Waals surface area contributed by atoms with Gasteiger partial charge in [0, 0.05) is 5.57 Å². The lowest BCUT2D eigenvalue weighted by atomic mass is 10.2. The first-order chi connectivity index (χ1) is 9.76. The third kappa shape index (κ3) is 3.38. The van der Waals surface area contributed by atoms with E-state index in [0.29, 0.717) is 22.6 Å². The van der Waals surface area contributed by atoms with Crippen LogP contribution in [0, 0.1) is 0 Å². The quantitative estimate of drug-likeness (QED) is 0.661. The summed E-state index contributed by atoms with van der Waals surface area (Å²) in [5.74, 6) is 0.0545. The Morgan fingerprint density at radius 3 is 2.70 bits per heavy atom. The molecule has 2 aromatic heterocycles. The number of H-pyrrole nitrogens is 1. The van der Waals surface area contributed by atoms with E-state index in [-0.39, 0.29) is 5.91 Å². The number of aromatic amines is 1. The summed E-state index contributed by atoms with van der Waals surface area (Å²) in [5.41, 5.74) is 1.47. The number of fused-ring (bicyclic) bond motifs is 1. The summed E-state index contributed by atoms with van der Waals surface area (Å²) >= 11 is 0. The van der Waals surface area contributed by atoms with Crippen molar-refractivity contribution in [3.05, 3.63) is 49.6 Å². The lowest BCUT2D eigenvalue weighted by molar-refractivity contribution is -0.112. The first-order valence-electron chi connectivity index (χ1n) is 6.17. The highest BCUT2D eigenvalue weighted by molar-refractivity contribution is 6.07. The Kier molecular flexibility index (Phi) is 5.83. The number of anilines is 1. The highest BCUT2D eigenvalue weighted by atomic mass is 16.1. The summed E-state index contributed by atoms with van der Waals surface area (Å²) in [6, 6.07) is 0. The molecule has 6 nitrogen and oxygen atoms in total. The average molecular weight is 271 g/mol. The van der Waals surface area contributed by atoms with E-state index in [1.54, 1.807) is 6.08 Å². The van der Waals surface area contributed by atoms with Crippen LogP contribution in [0.1, 0.15) is 13.8 Å². The molecule has 0 fully saturated rings. The molecule has 2 heterocycles. The molecule has 1 amide bonds. The van der Waals surface area contributed by atoms with Crippen molar-refractivity contribution in [2.45, 2.75) is 13.8 Å². The van der Waals surface area contributed by atoms with Crippen molar-refractivity contribution in [2.75, 3.05) is 5.32 Å². The fraction of sp³-hybridized carbons (Fsp3) is 0.143. The second-order valence-electron chi connectivity index (χ2n) is 3.34. The second kappa shape index (κ2) is 7.63. The first-order valence-corrected chi connectivity index (χ1v) is 6.17. The molecule has 104 valence electrons. The third-order valence-electron chi connectivity index (χ3n) is 2.23. The number of nitrogens with one attached hydrogen (secondary N) is 2. The molecule has 0 atom stereocenters. The van der Waals surface area contributed by atoms with Gasteiger partial charge in [0.15, 0.2) is 11.5 Å². The fourth-order valence-corrected chi connectivity index (χ4v) is 1.40. The van der Waals surface area contributed by atoms with Crippen LogP contribution in [0.4, 0.5) is 5.82 Å². The van der Waals surface area contributed by atoms with E-state index in [2.05, 4.69) is 38.4 Å². The van der Waals surface area contributed by atoms with Gasteiger partial charge in [-0.3, -0.25) is 4.79 Å². The number of allylic oxidation sites excluding steroid dienone is 2. The van der Waals surface area contributed by atoms with Crippen molar-refractivity contribution >= 4 is 22.9 Å². The van der Waals surface area contributed by atoms with Crippen molar-refractivity contribution < 1.29 is 4.79 Å². The molecule has 0 unspecified atom stereocenters. The molecule has 2 aromatic rings. The van der Waals surface area contributed by atoms with E-state index < -0.39 is 0 Å². The van der Waals surface area contributed by atoms with E-state index >= 15 is 0 Å². The summed E-state index contributed by atoms with van der Waals surface area (Å²) < 4.78 is 0. The zero-order valence-electron chi connectivity index (χ0n) is 11.6. The van der Waals surface area contributed by atoms with Crippen LogP contribution in [0.25, 0.3) is 11.2 Å². The van der Waals surface area contributed by atoms with Crippen molar-refractivity contribution in [1.82, 2.24) is 19.9 Å². The number of hydrogen-bond donors (Lipinski definition) is 2. The number of amides is 1. The van der Waals surface area contributed by atoms with Gasteiger partial charge >= 0.3 is 0 Å². The molecule has 0 aliphatic heterocycles. The molecule has 0 spiro atoms. The molecule has 0 saturated heterocycles. The Morgan fingerprint density at radius 2 is 2.05 bits per heavy atom. The maximum Gasteiger partial charge on any atom is 0.256 e. The van der Waals surface area contributed by atoms with Crippen LogP contribution >= 0.6 is 0 Å². The minimum Gasteiger partial charge on any atom is -0.340 e. The number of carbonyl (C=O) groups excluding carboxylic acids is 1. The maximum absolute atomic E-state index is 11.9. The topological polar surface area (TPSA) is 83.6 Å². The molecule has 2 N–H and O–H groups in total. The van der Waals surface area contributed by atoms with E-state index in [0.717, 1.165) is 0 Å². The summed E-state index contributed by atoms with van der Waals surface area (Å²) in [4.78, 5) is 26.7. The zero-order valence-corrected chi connectivity index (χ0v) is 11.6. The van der Waals surface area contributed by atoms with Crippen LogP contribution in [-0.4, -0.2) is 25.8 Å². The van der Waals surface area contributed by atoms with Gasteiger partial charge in [-0.15, -0.1) is 0 Å². The Morgan fingerprint density at radius 1 is 1.30 bits per heavy atom. The molecule has 20 heavy (non-hydrogen) atoms. The zero-order chi connectivity index (χ0) is 15.0. The summed E-state index contributed by atoms with van der Waals surface area (Å²) in [5, 5.41) is 2.66. The van der Waals surface area contributed by atoms with E-state index in [1.165, 1.54) is 24.8 Å². The van der Waals surface area contributed by atoms with Crippen LogP contribution in [0.3, 0.4) is 0 Å². The molecule has 2 rings (SSSR count). The number of rotatable bonds is 4. The van der Waals surface area contributed by atoms with Gasteiger partial charge in [0.1, 0.15) is 11.8 Å². The molecule has 0 aromatic carbocycles. The Labute approximate surface area is 117 Å². The van der Waals surface area contributed by atoms with Crippen molar-refractivity contribution in [3.8, 4) is 0 Å². The normalized spacial score (nSPS) is 10.4. The SMILES string of the molecule is C=C/C=C(\C=C)C(=O)Nc1ncnc2nc[nH]c12.CC. The maximum atomic E-state index is 11.9. The molecule has 0 saturated carbocycles. The van der Waals surface area contributed by atoms with Crippen LogP contribution < -0.4 is 5.32 Å².